The number of nitrogens with one attached hydrogen (secondary N) is 1. The van der Waals surface area contributed by atoms with E-state index in [1.54, 1.807) is 15.5 Å². The smallest absolute Gasteiger partial charge is 0.318 e. The van der Waals surface area contributed by atoms with Crippen molar-refractivity contribution in [2.75, 3.05) is 26.2 Å². The Morgan fingerprint density at radius 1 is 1.06 bits per heavy atom. The molecule has 2 N–H and O–H groups in total. The van der Waals surface area contributed by atoms with Crippen molar-refractivity contribution in [1.29, 1.82) is 0 Å². The van der Waals surface area contributed by atoms with Crippen LogP contribution in [0.3, 0.4) is 0 Å². The zero-order chi connectivity index (χ0) is 25.2. The first-order valence-electron chi connectivity index (χ1n) is 13.2. The number of benzene rings is 1. The molecular weight excluding hydrogens is 456 g/mol. The van der Waals surface area contributed by atoms with Gasteiger partial charge in [-0.2, -0.15) is 0 Å². The molecular formula is C28H36N4O4. The van der Waals surface area contributed by atoms with E-state index in [4.69, 9.17) is 0 Å². The molecule has 3 amide bonds. The third-order valence-electron chi connectivity index (χ3n) is 8.26. The molecule has 1 aromatic carbocycles. The molecule has 3 aliphatic rings. The number of hydrogen-bond donors (Lipinski definition) is 2. The Labute approximate surface area is 211 Å². The molecule has 8 nitrogen and oxygen atoms in total. The predicted octanol–water partition coefficient (Wildman–Crippen LogP) is 2.41. The largest absolute Gasteiger partial charge is 0.396 e. The number of likely N-dealkylation sites (tertiary alicyclic amines) is 1. The number of hydrogen-bond acceptors (Lipinski definition) is 4. The minimum Gasteiger partial charge on any atom is -0.396 e. The van der Waals surface area contributed by atoms with E-state index in [1.165, 1.54) is 11.6 Å². The van der Waals surface area contributed by atoms with Crippen molar-refractivity contribution < 1.29 is 14.7 Å². The number of pyridine rings is 1. The van der Waals surface area contributed by atoms with Gasteiger partial charge in [0.15, 0.2) is 0 Å². The molecule has 0 unspecified atom stereocenters. The highest BCUT2D eigenvalue weighted by atomic mass is 16.3. The summed E-state index contributed by atoms with van der Waals surface area (Å²) in [4.78, 5) is 43.6. The number of aliphatic hydroxyl groups excluding tert-OH is 1. The van der Waals surface area contributed by atoms with Crippen LogP contribution in [0.4, 0.5) is 4.79 Å². The van der Waals surface area contributed by atoms with E-state index in [-0.39, 0.29) is 24.1 Å². The standard InChI is InChI=1S/C28H36N4O4/c1-2-13-29-28(36)32-23-17-31-22(9-6-10-24(31)34)26(32)25(21(23)18-33)27(35)30-14-11-20(12-15-30)16-19-7-4-3-5-8-19/h3-10,20-21,23,25-26,33H,2,11-18H2,1H3,(H,29,36)/t21-,23-,25+,26+/m0/s1. The van der Waals surface area contributed by atoms with E-state index in [0.29, 0.717) is 37.8 Å². The van der Waals surface area contributed by atoms with Crippen molar-refractivity contribution in [3.8, 4) is 0 Å². The molecule has 2 saturated heterocycles. The van der Waals surface area contributed by atoms with Crippen molar-refractivity contribution in [2.45, 2.75) is 51.2 Å². The number of urea groups is 1. The van der Waals surface area contributed by atoms with Crippen LogP contribution in [0, 0.1) is 17.8 Å². The lowest BCUT2D eigenvalue weighted by Crippen LogP contribution is -2.52. The van der Waals surface area contributed by atoms with Crippen LogP contribution < -0.4 is 10.9 Å². The van der Waals surface area contributed by atoms with Crippen molar-refractivity contribution in [3.63, 3.8) is 0 Å². The molecule has 4 atom stereocenters. The van der Waals surface area contributed by atoms with Crippen molar-refractivity contribution in [2.24, 2.45) is 17.8 Å². The summed E-state index contributed by atoms with van der Waals surface area (Å²) in [6.45, 7) is 3.96. The number of piperidine rings is 1. The molecule has 0 saturated carbocycles. The van der Waals surface area contributed by atoms with Gasteiger partial charge in [-0.25, -0.2) is 4.79 Å². The van der Waals surface area contributed by atoms with E-state index in [9.17, 15) is 19.5 Å². The summed E-state index contributed by atoms with van der Waals surface area (Å²) < 4.78 is 1.68. The van der Waals surface area contributed by atoms with E-state index >= 15 is 0 Å². The maximum Gasteiger partial charge on any atom is 0.318 e. The van der Waals surface area contributed by atoms with Crippen LogP contribution in [0.15, 0.2) is 53.3 Å². The fourth-order valence-electron chi connectivity index (χ4n) is 6.46. The Balaban J connectivity index is 1.39. The zero-order valence-corrected chi connectivity index (χ0v) is 20.9. The predicted molar refractivity (Wildman–Crippen MR) is 136 cm³/mol. The molecule has 5 rings (SSSR count). The van der Waals surface area contributed by atoms with Gasteiger partial charge in [0.1, 0.15) is 0 Å². The Morgan fingerprint density at radius 3 is 2.50 bits per heavy atom. The first-order chi connectivity index (χ1) is 17.5. The lowest BCUT2D eigenvalue weighted by atomic mass is 9.84. The van der Waals surface area contributed by atoms with Crippen LogP contribution in [-0.4, -0.2) is 63.7 Å². The highest BCUT2D eigenvalue weighted by Gasteiger charge is 2.58. The number of aliphatic hydroxyl groups is 1. The van der Waals surface area contributed by atoms with E-state index in [1.807, 2.05) is 24.0 Å². The van der Waals surface area contributed by atoms with Crippen molar-refractivity contribution >= 4 is 11.9 Å². The summed E-state index contributed by atoms with van der Waals surface area (Å²) >= 11 is 0. The van der Waals surface area contributed by atoms with Gasteiger partial charge in [0, 0.05) is 50.5 Å². The molecule has 3 aliphatic heterocycles. The number of nitrogens with zero attached hydrogens (tertiary/aromatic N) is 3. The van der Waals surface area contributed by atoms with Crippen molar-refractivity contribution in [3.05, 3.63) is 70.1 Å². The first kappa shape index (κ1) is 24.6. The van der Waals surface area contributed by atoms with Gasteiger partial charge in [0.05, 0.1) is 18.0 Å². The number of carbonyl (C=O) groups is 2. The number of rotatable bonds is 6. The quantitative estimate of drug-likeness (QED) is 0.648. The normalized spacial score (nSPS) is 25.5. The first-order valence-corrected chi connectivity index (χ1v) is 13.2. The Hall–Kier alpha value is -3.13. The van der Waals surface area contributed by atoms with Gasteiger partial charge in [-0.15, -0.1) is 0 Å². The van der Waals surface area contributed by atoms with Crippen LogP contribution in [0.2, 0.25) is 0 Å². The molecule has 192 valence electrons. The molecule has 36 heavy (non-hydrogen) atoms. The number of carbonyl (C=O) groups excluding carboxylic acids is 2. The van der Waals surface area contributed by atoms with Gasteiger partial charge in [0.25, 0.3) is 5.56 Å². The van der Waals surface area contributed by atoms with Crippen LogP contribution in [0.5, 0.6) is 0 Å². The number of amides is 3. The number of fused-ring (bicyclic) bond motifs is 4. The van der Waals surface area contributed by atoms with Crippen LogP contribution >= 0.6 is 0 Å². The minimum absolute atomic E-state index is 0.0160. The average Bonchev–Trinajstić information content (AvgIpc) is 3.15. The third kappa shape index (κ3) is 4.43. The summed E-state index contributed by atoms with van der Waals surface area (Å²) in [6.07, 6.45) is 3.68. The van der Waals surface area contributed by atoms with Gasteiger partial charge in [-0.1, -0.05) is 43.3 Å². The Morgan fingerprint density at radius 2 is 1.81 bits per heavy atom. The fourth-order valence-corrected chi connectivity index (χ4v) is 6.46. The van der Waals surface area contributed by atoms with Crippen LogP contribution in [0.25, 0.3) is 0 Å². The highest BCUT2D eigenvalue weighted by molar-refractivity contribution is 5.84. The summed E-state index contributed by atoms with van der Waals surface area (Å²) in [6, 6.07) is 14.3. The zero-order valence-electron chi connectivity index (χ0n) is 20.9. The lowest BCUT2D eigenvalue weighted by Gasteiger charge is -2.39. The molecule has 4 heterocycles. The second-order valence-corrected chi connectivity index (χ2v) is 10.4. The summed E-state index contributed by atoms with van der Waals surface area (Å²) in [5.41, 5.74) is 1.87. The molecule has 1 aromatic heterocycles. The molecule has 2 aromatic rings. The SMILES string of the molecule is CCCNC(=O)N1[C@@H]2c3cccc(=O)n3C[C@H]1[C@H](CO)[C@H]2C(=O)N1CCC(Cc2ccccc2)CC1. The third-order valence-corrected chi connectivity index (χ3v) is 8.26. The monoisotopic (exact) mass is 492 g/mol. The Kier molecular flexibility index (Phi) is 7.14. The lowest BCUT2D eigenvalue weighted by molar-refractivity contribution is -0.139. The minimum atomic E-state index is -0.575. The summed E-state index contributed by atoms with van der Waals surface area (Å²) in [5, 5.41) is 13.4. The highest BCUT2D eigenvalue weighted by Crippen LogP contribution is 2.49. The molecule has 0 radical (unpaired) electrons. The van der Waals surface area contributed by atoms with Gasteiger partial charge in [-0.3, -0.25) is 9.59 Å². The number of aromatic nitrogens is 1. The van der Waals surface area contributed by atoms with E-state index in [0.717, 1.165) is 25.7 Å². The van der Waals surface area contributed by atoms with Gasteiger partial charge in [0.2, 0.25) is 5.91 Å². The second kappa shape index (κ2) is 10.5. The van der Waals surface area contributed by atoms with Crippen molar-refractivity contribution in [1.82, 2.24) is 19.7 Å². The maximum absolute atomic E-state index is 14.0. The Bertz CT molecular complexity index is 1140. The summed E-state index contributed by atoms with van der Waals surface area (Å²) in [7, 11) is 0. The van der Waals surface area contributed by atoms with Gasteiger partial charge in [-0.05, 0) is 43.2 Å². The summed E-state index contributed by atoms with van der Waals surface area (Å²) in [5.74, 6) is -0.480. The van der Waals surface area contributed by atoms with Crippen LogP contribution in [-0.2, 0) is 17.8 Å². The van der Waals surface area contributed by atoms with Gasteiger partial charge >= 0.3 is 6.03 Å². The molecule has 0 spiro atoms. The molecule has 0 aliphatic carbocycles. The topological polar surface area (TPSA) is 94.9 Å². The fraction of sp³-hybridized carbons (Fsp3) is 0.536. The molecule has 8 heteroatoms. The molecule has 2 fully saturated rings. The average molecular weight is 493 g/mol. The molecule has 2 bridgehead atoms. The van der Waals surface area contributed by atoms with Crippen LogP contribution in [0.1, 0.15) is 43.5 Å². The second-order valence-electron chi connectivity index (χ2n) is 10.4. The van der Waals surface area contributed by atoms with E-state index < -0.39 is 23.9 Å². The van der Waals surface area contributed by atoms with E-state index in [2.05, 4.69) is 29.6 Å². The maximum atomic E-state index is 14.0. The van der Waals surface area contributed by atoms with Gasteiger partial charge < -0.3 is 24.8 Å².